The number of aliphatic hydroxyl groups is 2. The van der Waals surface area contributed by atoms with E-state index >= 15 is 0 Å². The summed E-state index contributed by atoms with van der Waals surface area (Å²) in [6.07, 6.45) is -1.82. The highest BCUT2D eigenvalue weighted by Crippen LogP contribution is 2.20. The Hall–Kier alpha value is -0.890. The van der Waals surface area contributed by atoms with Crippen molar-refractivity contribution in [2.24, 2.45) is 0 Å². The Bertz CT molecular complexity index is 387. The minimum atomic E-state index is -0.961. The van der Waals surface area contributed by atoms with Gasteiger partial charge in [0.2, 0.25) is 0 Å². The SMILES string of the molecule is Cc1ccc(C(O)C(O)CBr)cc1C#N. The molecule has 0 saturated carbocycles. The molecule has 0 aromatic heterocycles. The molecular formula is C11H12BrNO2. The monoisotopic (exact) mass is 269 g/mol. The largest absolute Gasteiger partial charge is 0.389 e. The second kappa shape index (κ2) is 5.26. The van der Waals surface area contributed by atoms with Crippen LogP contribution < -0.4 is 0 Å². The molecule has 0 fully saturated rings. The number of halogens is 1. The molecule has 0 amide bonds. The smallest absolute Gasteiger partial charge is 0.106 e. The Kier molecular flexibility index (Phi) is 4.28. The Morgan fingerprint density at radius 2 is 2.13 bits per heavy atom. The Morgan fingerprint density at radius 1 is 1.47 bits per heavy atom. The molecule has 0 spiro atoms. The van der Waals surface area contributed by atoms with E-state index in [4.69, 9.17) is 5.26 Å². The fourth-order valence-corrected chi connectivity index (χ4v) is 1.60. The fourth-order valence-electron chi connectivity index (χ4n) is 1.25. The van der Waals surface area contributed by atoms with Crippen LogP contribution in [0.1, 0.15) is 22.8 Å². The summed E-state index contributed by atoms with van der Waals surface area (Å²) in [7, 11) is 0. The van der Waals surface area contributed by atoms with Crippen LogP contribution in [0, 0.1) is 18.3 Å². The predicted molar refractivity (Wildman–Crippen MR) is 60.7 cm³/mol. The summed E-state index contributed by atoms with van der Waals surface area (Å²) in [5.74, 6) is 0. The number of alkyl halides is 1. The quantitative estimate of drug-likeness (QED) is 0.821. The molecule has 0 aliphatic heterocycles. The lowest BCUT2D eigenvalue weighted by Crippen LogP contribution is -2.19. The molecule has 0 aliphatic carbocycles. The van der Waals surface area contributed by atoms with Crippen LogP contribution in [0.2, 0.25) is 0 Å². The van der Waals surface area contributed by atoms with Crippen molar-refractivity contribution in [1.29, 1.82) is 5.26 Å². The van der Waals surface area contributed by atoms with Crippen LogP contribution in [0.5, 0.6) is 0 Å². The summed E-state index contributed by atoms with van der Waals surface area (Å²) < 4.78 is 0. The first-order valence-corrected chi connectivity index (χ1v) is 5.65. The van der Waals surface area contributed by atoms with Gasteiger partial charge in [-0.1, -0.05) is 28.1 Å². The predicted octanol–water partition coefficient (Wildman–Crippen LogP) is 1.66. The number of rotatable bonds is 3. The van der Waals surface area contributed by atoms with Gasteiger partial charge in [0.05, 0.1) is 17.7 Å². The van der Waals surface area contributed by atoms with Crippen LogP contribution in [0.4, 0.5) is 0 Å². The van der Waals surface area contributed by atoms with E-state index in [-0.39, 0.29) is 0 Å². The van der Waals surface area contributed by atoms with Gasteiger partial charge in [-0.3, -0.25) is 0 Å². The molecular weight excluding hydrogens is 258 g/mol. The maximum Gasteiger partial charge on any atom is 0.106 e. The van der Waals surface area contributed by atoms with Crippen molar-refractivity contribution in [3.05, 3.63) is 34.9 Å². The lowest BCUT2D eigenvalue weighted by molar-refractivity contribution is 0.0342. The van der Waals surface area contributed by atoms with Crippen molar-refractivity contribution in [2.45, 2.75) is 19.1 Å². The van der Waals surface area contributed by atoms with E-state index in [1.807, 2.05) is 13.0 Å². The molecule has 80 valence electrons. The third-order valence-electron chi connectivity index (χ3n) is 2.25. The summed E-state index contributed by atoms with van der Waals surface area (Å²) in [6, 6.07) is 7.12. The third kappa shape index (κ3) is 2.78. The fraction of sp³-hybridized carbons (Fsp3) is 0.364. The van der Waals surface area contributed by atoms with Crippen molar-refractivity contribution in [3.63, 3.8) is 0 Å². The zero-order valence-corrected chi connectivity index (χ0v) is 9.90. The van der Waals surface area contributed by atoms with E-state index in [0.717, 1.165) is 5.56 Å². The third-order valence-corrected chi connectivity index (χ3v) is 2.91. The lowest BCUT2D eigenvalue weighted by Gasteiger charge is -2.16. The first-order valence-electron chi connectivity index (χ1n) is 4.53. The van der Waals surface area contributed by atoms with Gasteiger partial charge in [0, 0.05) is 5.33 Å². The first kappa shape index (κ1) is 12.2. The van der Waals surface area contributed by atoms with Gasteiger partial charge in [0.15, 0.2) is 0 Å². The van der Waals surface area contributed by atoms with Crippen LogP contribution in [0.25, 0.3) is 0 Å². The molecule has 0 bridgehead atoms. The topological polar surface area (TPSA) is 64.2 Å². The summed E-state index contributed by atoms with van der Waals surface area (Å²) >= 11 is 3.09. The van der Waals surface area contributed by atoms with Crippen molar-refractivity contribution in [3.8, 4) is 6.07 Å². The number of aliphatic hydroxyl groups excluding tert-OH is 2. The Morgan fingerprint density at radius 3 is 2.67 bits per heavy atom. The molecule has 3 nitrogen and oxygen atoms in total. The number of hydrogen-bond donors (Lipinski definition) is 2. The second-order valence-corrected chi connectivity index (χ2v) is 4.00. The first-order chi connectivity index (χ1) is 7.10. The van der Waals surface area contributed by atoms with E-state index in [0.29, 0.717) is 16.5 Å². The van der Waals surface area contributed by atoms with Crippen molar-refractivity contribution < 1.29 is 10.2 Å². The van der Waals surface area contributed by atoms with E-state index in [1.54, 1.807) is 18.2 Å². The van der Waals surface area contributed by atoms with Gasteiger partial charge in [-0.15, -0.1) is 0 Å². The summed E-state index contributed by atoms with van der Waals surface area (Å²) in [5.41, 5.74) is 1.94. The molecule has 0 aliphatic rings. The summed E-state index contributed by atoms with van der Waals surface area (Å²) in [6.45, 7) is 1.83. The van der Waals surface area contributed by atoms with E-state index in [9.17, 15) is 10.2 Å². The highest BCUT2D eigenvalue weighted by atomic mass is 79.9. The molecule has 2 atom stereocenters. The summed E-state index contributed by atoms with van der Waals surface area (Å²) in [5, 5.41) is 28.3. The highest BCUT2D eigenvalue weighted by molar-refractivity contribution is 9.09. The van der Waals surface area contributed by atoms with Gasteiger partial charge in [0.1, 0.15) is 6.10 Å². The average molecular weight is 270 g/mol. The zero-order chi connectivity index (χ0) is 11.4. The second-order valence-electron chi connectivity index (χ2n) is 3.35. The van der Waals surface area contributed by atoms with Crippen molar-refractivity contribution in [2.75, 3.05) is 5.33 Å². The van der Waals surface area contributed by atoms with Crippen molar-refractivity contribution in [1.82, 2.24) is 0 Å². The molecule has 1 aromatic rings. The molecule has 0 saturated heterocycles. The molecule has 0 heterocycles. The molecule has 4 heteroatoms. The van der Waals surface area contributed by atoms with Gasteiger partial charge in [0.25, 0.3) is 0 Å². The maximum atomic E-state index is 9.71. The number of nitriles is 1. The standard InChI is InChI=1S/C11H12BrNO2/c1-7-2-3-8(4-9(7)6-13)11(15)10(14)5-12/h2-4,10-11,14-15H,5H2,1H3. The molecule has 15 heavy (non-hydrogen) atoms. The van der Waals surface area contributed by atoms with E-state index in [1.165, 1.54) is 0 Å². The minimum absolute atomic E-state index is 0.296. The van der Waals surface area contributed by atoms with Gasteiger partial charge in [-0.25, -0.2) is 0 Å². The minimum Gasteiger partial charge on any atom is -0.389 e. The van der Waals surface area contributed by atoms with E-state index in [2.05, 4.69) is 15.9 Å². The normalized spacial score (nSPS) is 14.3. The molecule has 2 unspecified atom stereocenters. The molecule has 1 aromatic carbocycles. The number of nitrogens with zero attached hydrogens (tertiary/aromatic N) is 1. The van der Waals surface area contributed by atoms with Crippen LogP contribution in [-0.2, 0) is 0 Å². The van der Waals surface area contributed by atoms with E-state index < -0.39 is 12.2 Å². The lowest BCUT2D eigenvalue weighted by atomic mass is 10.00. The van der Waals surface area contributed by atoms with Crippen LogP contribution in [0.3, 0.4) is 0 Å². The average Bonchev–Trinajstić information content (AvgIpc) is 2.27. The van der Waals surface area contributed by atoms with Crippen LogP contribution >= 0.6 is 15.9 Å². The van der Waals surface area contributed by atoms with Crippen LogP contribution in [0.15, 0.2) is 18.2 Å². The maximum absolute atomic E-state index is 9.71. The van der Waals surface area contributed by atoms with Gasteiger partial charge < -0.3 is 10.2 Å². The Balaban J connectivity index is 3.02. The van der Waals surface area contributed by atoms with Gasteiger partial charge in [-0.05, 0) is 24.1 Å². The zero-order valence-electron chi connectivity index (χ0n) is 8.31. The molecule has 0 radical (unpaired) electrons. The molecule has 2 N–H and O–H groups in total. The molecule has 1 rings (SSSR count). The van der Waals surface area contributed by atoms with Gasteiger partial charge in [-0.2, -0.15) is 5.26 Å². The number of benzene rings is 1. The summed E-state index contributed by atoms with van der Waals surface area (Å²) in [4.78, 5) is 0. The Labute approximate surface area is 97.1 Å². The van der Waals surface area contributed by atoms with Crippen molar-refractivity contribution >= 4 is 15.9 Å². The van der Waals surface area contributed by atoms with Gasteiger partial charge >= 0.3 is 0 Å². The highest BCUT2D eigenvalue weighted by Gasteiger charge is 2.17. The number of hydrogen-bond acceptors (Lipinski definition) is 3. The number of aryl methyl sites for hydroxylation is 1. The van der Waals surface area contributed by atoms with Crippen LogP contribution in [-0.4, -0.2) is 21.6 Å².